The molecule has 0 aliphatic heterocycles. The van der Waals surface area contributed by atoms with Gasteiger partial charge in [0.05, 0.1) is 12.1 Å². The molecule has 0 saturated heterocycles. The fraction of sp³-hybridized carbons (Fsp3) is 0.455. The second-order valence-electron chi connectivity index (χ2n) is 8.01. The van der Waals surface area contributed by atoms with Crippen molar-refractivity contribution in [1.29, 1.82) is 0 Å². The van der Waals surface area contributed by atoms with Crippen LogP contribution in [-0.2, 0) is 11.2 Å². The molecule has 150 valence electrons. The van der Waals surface area contributed by atoms with Crippen LogP contribution in [0.1, 0.15) is 49.4 Å². The highest BCUT2D eigenvalue weighted by Crippen LogP contribution is 2.26. The molecule has 4 rings (SSSR count). The molecular weight excluding hydrogens is 390 g/mol. The number of aryl methyl sites for hydroxylation is 2. The van der Waals surface area contributed by atoms with Gasteiger partial charge >= 0.3 is 0 Å². The second kappa shape index (κ2) is 8.66. The molecule has 1 aliphatic rings. The number of thiazole rings is 1. The summed E-state index contributed by atoms with van der Waals surface area (Å²) in [5.41, 5.74) is 5.66. The number of nitrogens with zero attached hydrogens (tertiary/aromatic N) is 2. The van der Waals surface area contributed by atoms with Gasteiger partial charge in [-0.1, -0.05) is 19.1 Å². The van der Waals surface area contributed by atoms with Gasteiger partial charge in [0.1, 0.15) is 0 Å². The Hall–Kier alpha value is -1.85. The first-order chi connectivity index (χ1) is 13.0. The molecule has 1 aromatic carbocycles. The molecule has 0 spiro atoms. The van der Waals surface area contributed by atoms with E-state index in [1.165, 1.54) is 24.0 Å². The third kappa shape index (κ3) is 4.41. The Morgan fingerprint density at radius 3 is 2.68 bits per heavy atom. The molecular formula is C22H28ClN3OS. The number of carbonyl (C=O) groups is 1. The number of carbonyl (C=O) groups excluding carboxylic acids is 1. The van der Waals surface area contributed by atoms with E-state index in [1.807, 2.05) is 0 Å². The van der Waals surface area contributed by atoms with Crippen LogP contribution in [0.3, 0.4) is 0 Å². The van der Waals surface area contributed by atoms with E-state index < -0.39 is 0 Å². The zero-order valence-electron chi connectivity index (χ0n) is 16.7. The van der Waals surface area contributed by atoms with Gasteiger partial charge in [0, 0.05) is 28.9 Å². The third-order valence-electron chi connectivity index (χ3n) is 5.81. The maximum absolute atomic E-state index is 12.5. The van der Waals surface area contributed by atoms with Gasteiger partial charge in [-0.15, -0.1) is 23.7 Å². The molecule has 1 amide bonds. The van der Waals surface area contributed by atoms with Crippen LogP contribution in [0.5, 0.6) is 0 Å². The van der Waals surface area contributed by atoms with E-state index in [9.17, 15) is 4.79 Å². The fourth-order valence-electron chi connectivity index (χ4n) is 3.84. The van der Waals surface area contributed by atoms with Gasteiger partial charge < -0.3 is 5.32 Å². The molecule has 2 heterocycles. The van der Waals surface area contributed by atoms with Crippen LogP contribution in [0.2, 0.25) is 0 Å². The standard InChI is InChI=1S/C22H27N3OS.ClH/c1-14-4-8-18(9-5-14)23-21(26)11-19-13-27-22-24-20(12-25(19)22)17-7-6-15(2)16(3)10-17;/h6-7,10,12-14,18H,4-5,8-9,11H2,1-3H3,(H,23,26);1H. The first kappa shape index (κ1) is 20.9. The van der Waals surface area contributed by atoms with Gasteiger partial charge in [0.25, 0.3) is 0 Å². The van der Waals surface area contributed by atoms with Gasteiger partial charge in [-0.2, -0.15) is 0 Å². The van der Waals surface area contributed by atoms with E-state index in [1.54, 1.807) is 11.3 Å². The number of aromatic nitrogens is 2. The molecule has 28 heavy (non-hydrogen) atoms. The van der Waals surface area contributed by atoms with Gasteiger partial charge in [-0.05, 0) is 62.6 Å². The monoisotopic (exact) mass is 417 g/mol. The number of fused-ring (bicyclic) bond motifs is 1. The highest BCUT2D eigenvalue weighted by molar-refractivity contribution is 7.15. The van der Waals surface area contributed by atoms with Crippen molar-refractivity contribution in [1.82, 2.24) is 14.7 Å². The summed E-state index contributed by atoms with van der Waals surface area (Å²) >= 11 is 1.60. The van der Waals surface area contributed by atoms with Crippen LogP contribution in [0.4, 0.5) is 0 Å². The molecule has 4 nitrogen and oxygen atoms in total. The zero-order valence-corrected chi connectivity index (χ0v) is 18.3. The minimum Gasteiger partial charge on any atom is -0.353 e. The molecule has 1 N–H and O–H groups in total. The van der Waals surface area contributed by atoms with Crippen molar-refractivity contribution >= 4 is 34.6 Å². The SMILES string of the molecule is Cc1ccc(-c2cn3c(CC(=O)NC4CCC(C)CC4)csc3n2)cc1C.Cl. The van der Waals surface area contributed by atoms with E-state index in [4.69, 9.17) is 4.98 Å². The summed E-state index contributed by atoms with van der Waals surface area (Å²) in [5.74, 6) is 0.917. The Morgan fingerprint density at radius 2 is 1.96 bits per heavy atom. The Kier molecular flexibility index (Phi) is 6.46. The van der Waals surface area contributed by atoms with Crippen molar-refractivity contribution in [3.05, 3.63) is 46.6 Å². The minimum absolute atomic E-state index is 0. The Bertz CT molecular complexity index is 969. The van der Waals surface area contributed by atoms with Crippen LogP contribution in [0, 0.1) is 19.8 Å². The van der Waals surface area contributed by atoms with Gasteiger partial charge in [0.15, 0.2) is 4.96 Å². The largest absolute Gasteiger partial charge is 0.353 e. The number of imidazole rings is 1. The lowest BCUT2D eigenvalue weighted by Gasteiger charge is -2.26. The van der Waals surface area contributed by atoms with Crippen LogP contribution in [-0.4, -0.2) is 21.3 Å². The highest BCUT2D eigenvalue weighted by atomic mass is 35.5. The predicted molar refractivity (Wildman–Crippen MR) is 118 cm³/mol. The number of nitrogens with one attached hydrogen (secondary N) is 1. The number of hydrogen-bond acceptors (Lipinski definition) is 3. The van der Waals surface area contributed by atoms with Gasteiger partial charge in [0.2, 0.25) is 5.91 Å². The van der Waals surface area contributed by atoms with Crippen molar-refractivity contribution in [2.75, 3.05) is 0 Å². The lowest BCUT2D eigenvalue weighted by molar-refractivity contribution is -0.121. The predicted octanol–water partition coefficient (Wildman–Crippen LogP) is 5.34. The maximum atomic E-state index is 12.5. The topological polar surface area (TPSA) is 46.4 Å². The highest BCUT2D eigenvalue weighted by Gasteiger charge is 2.20. The first-order valence-corrected chi connectivity index (χ1v) is 10.7. The van der Waals surface area contributed by atoms with E-state index >= 15 is 0 Å². The zero-order chi connectivity index (χ0) is 19.0. The second-order valence-corrected chi connectivity index (χ2v) is 8.84. The van der Waals surface area contributed by atoms with E-state index in [0.29, 0.717) is 12.5 Å². The summed E-state index contributed by atoms with van der Waals surface area (Å²) in [4.78, 5) is 18.2. The van der Waals surface area contributed by atoms with Gasteiger partial charge in [-0.25, -0.2) is 4.98 Å². The lowest BCUT2D eigenvalue weighted by Crippen LogP contribution is -2.38. The summed E-state index contributed by atoms with van der Waals surface area (Å²) < 4.78 is 2.07. The Labute approximate surface area is 176 Å². The van der Waals surface area contributed by atoms with Gasteiger partial charge in [-0.3, -0.25) is 9.20 Å². The Balaban J connectivity index is 0.00000225. The Morgan fingerprint density at radius 1 is 1.21 bits per heavy atom. The summed E-state index contributed by atoms with van der Waals surface area (Å²) in [7, 11) is 0. The molecule has 1 fully saturated rings. The first-order valence-electron chi connectivity index (χ1n) is 9.82. The number of halogens is 1. The number of rotatable bonds is 4. The molecule has 3 aromatic rings. The molecule has 0 radical (unpaired) electrons. The summed E-state index contributed by atoms with van der Waals surface area (Å²) in [6.07, 6.45) is 7.11. The molecule has 0 atom stereocenters. The molecule has 1 aliphatic carbocycles. The van der Waals surface area contributed by atoms with Crippen LogP contribution in [0.15, 0.2) is 29.8 Å². The number of hydrogen-bond donors (Lipinski definition) is 1. The lowest BCUT2D eigenvalue weighted by atomic mass is 9.87. The molecule has 1 saturated carbocycles. The van der Waals surface area contributed by atoms with Crippen molar-refractivity contribution in [3.8, 4) is 11.3 Å². The fourth-order valence-corrected chi connectivity index (χ4v) is 4.72. The van der Waals surface area contributed by atoms with Crippen LogP contribution < -0.4 is 5.32 Å². The van der Waals surface area contributed by atoms with E-state index in [2.05, 4.69) is 60.3 Å². The maximum Gasteiger partial charge on any atom is 0.226 e. The van der Waals surface area contributed by atoms with E-state index in [-0.39, 0.29) is 18.3 Å². The normalized spacial score (nSPS) is 19.4. The third-order valence-corrected chi connectivity index (χ3v) is 6.70. The van der Waals surface area contributed by atoms with Crippen molar-refractivity contribution in [3.63, 3.8) is 0 Å². The number of benzene rings is 1. The quantitative estimate of drug-likeness (QED) is 0.622. The van der Waals surface area contributed by atoms with Crippen molar-refractivity contribution < 1.29 is 4.79 Å². The van der Waals surface area contributed by atoms with Crippen LogP contribution in [0.25, 0.3) is 16.2 Å². The van der Waals surface area contributed by atoms with Crippen molar-refractivity contribution in [2.45, 2.75) is 58.9 Å². The average Bonchev–Trinajstić information content (AvgIpc) is 3.21. The summed E-state index contributed by atoms with van der Waals surface area (Å²) in [6.45, 7) is 6.54. The molecule has 0 unspecified atom stereocenters. The van der Waals surface area contributed by atoms with Crippen molar-refractivity contribution in [2.24, 2.45) is 5.92 Å². The van der Waals surface area contributed by atoms with E-state index in [0.717, 1.165) is 40.7 Å². The average molecular weight is 418 g/mol. The van der Waals surface area contributed by atoms with Crippen LogP contribution >= 0.6 is 23.7 Å². The molecule has 2 aromatic heterocycles. The smallest absolute Gasteiger partial charge is 0.226 e. The molecule has 6 heteroatoms. The number of amides is 1. The summed E-state index contributed by atoms with van der Waals surface area (Å²) in [6, 6.07) is 6.78. The molecule has 0 bridgehead atoms. The minimum atomic E-state index is 0. The summed E-state index contributed by atoms with van der Waals surface area (Å²) in [5, 5.41) is 5.28.